The highest BCUT2D eigenvalue weighted by Crippen LogP contribution is 2.34. The van der Waals surface area contributed by atoms with E-state index in [9.17, 15) is 14.0 Å². The summed E-state index contributed by atoms with van der Waals surface area (Å²) in [6, 6.07) is 4.90. The predicted molar refractivity (Wildman–Crippen MR) is 99.4 cm³/mol. The molecule has 1 heterocycles. The Morgan fingerprint density at radius 2 is 2.04 bits per heavy atom. The highest BCUT2D eigenvalue weighted by atomic mass is 31.1. The number of nitrogens with zero attached hydrogens (tertiary/aromatic N) is 1. The van der Waals surface area contributed by atoms with Crippen LogP contribution in [0.4, 0.5) is 10.1 Å². The molecule has 0 saturated carbocycles. The number of allylic oxidation sites excluding steroid dienone is 1. The van der Waals surface area contributed by atoms with Crippen molar-refractivity contribution in [3.63, 3.8) is 0 Å². The molecule has 1 unspecified atom stereocenters. The number of carbonyl (C=O) groups excluding carboxylic acids is 2. The van der Waals surface area contributed by atoms with Crippen LogP contribution in [0.2, 0.25) is 0 Å². The number of nitrogens with two attached hydrogens (primary N) is 1. The van der Waals surface area contributed by atoms with Gasteiger partial charge >= 0.3 is 0 Å². The summed E-state index contributed by atoms with van der Waals surface area (Å²) in [6.45, 7) is 2.28. The van der Waals surface area contributed by atoms with Crippen LogP contribution < -0.4 is 20.8 Å². The van der Waals surface area contributed by atoms with Crippen molar-refractivity contribution >= 4 is 26.4 Å². The van der Waals surface area contributed by atoms with E-state index in [-0.39, 0.29) is 27.0 Å². The molecule has 1 aliphatic rings. The smallest absolute Gasteiger partial charge is 0.251 e. The highest BCUT2D eigenvalue weighted by Gasteiger charge is 2.17. The van der Waals surface area contributed by atoms with Gasteiger partial charge in [-0.2, -0.15) is 0 Å². The molecule has 4 N–H and O–H groups in total. The van der Waals surface area contributed by atoms with Gasteiger partial charge in [-0.05, 0) is 37.5 Å². The molecule has 8 heteroatoms. The van der Waals surface area contributed by atoms with Crippen molar-refractivity contribution in [2.45, 2.75) is 32.6 Å². The number of nitrogens with one attached hydrogen (secondary N) is 2. The molecule has 1 aliphatic heterocycles. The van der Waals surface area contributed by atoms with Gasteiger partial charge in [-0.25, -0.2) is 0 Å². The topological polar surface area (TPSA) is 87.5 Å². The Hall–Kier alpha value is -2.14. The molecule has 0 fully saturated rings. The van der Waals surface area contributed by atoms with Gasteiger partial charge in [0.2, 0.25) is 5.91 Å². The number of halogens is 1. The molecule has 0 radical (unpaired) electrons. The molecule has 136 valence electrons. The first kappa shape index (κ1) is 19.2. The summed E-state index contributed by atoms with van der Waals surface area (Å²) in [5.41, 5.74) is 7.74. The first-order valence-corrected chi connectivity index (χ1v) is 9.30. The van der Waals surface area contributed by atoms with Crippen molar-refractivity contribution in [1.29, 1.82) is 0 Å². The minimum atomic E-state index is -0.582. The van der Waals surface area contributed by atoms with Gasteiger partial charge in [-0.3, -0.25) is 14.0 Å². The van der Waals surface area contributed by atoms with Crippen LogP contribution in [0.1, 0.15) is 53.3 Å². The summed E-state index contributed by atoms with van der Waals surface area (Å²) in [6.07, 6.45) is 4.85. The number of amides is 2. The molecule has 0 saturated heterocycles. The lowest BCUT2D eigenvalue weighted by Gasteiger charge is -2.16. The third-order valence-corrected chi connectivity index (χ3v) is 4.82. The molecule has 0 spiro atoms. The van der Waals surface area contributed by atoms with E-state index >= 15 is 0 Å². The second-order valence-corrected chi connectivity index (χ2v) is 6.75. The molecule has 1 atom stereocenters. The fraction of sp³-hybridized carbons (Fsp3) is 0.412. The fourth-order valence-electron chi connectivity index (χ4n) is 2.38. The highest BCUT2D eigenvalue weighted by molar-refractivity contribution is 7.38. The second-order valence-electron chi connectivity index (χ2n) is 5.80. The van der Waals surface area contributed by atoms with Crippen LogP contribution in [-0.4, -0.2) is 25.0 Å². The Morgan fingerprint density at radius 3 is 2.72 bits per heavy atom. The second kappa shape index (κ2) is 9.37. The Labute approximate surface area is 148 Å². The van der Waals surface area contributed by atoms with Crippen LogP contribution in [0.5, 0.6) is 0 Å². The summed E-state index contributed by atoms with van der Waals surface area (Å²) in [5.74, 6) is -0.809. The van der Waals surface area contributed by atoms with E-state index < -0.39 is 5.91 Å². The van der Waals surface area contributed by atoms with Crippen molar-refractivity contribution in [2.75, 3.05) is 17.9 Å². The summed E-state index contributed by atoms with van der Waals surface area (Å²) in [7, 11) is 0.234. The van der Waals surface area contributed by atoms with Crippen LogP contribution in [-0.2, 0) is 0 Å². The number of hydrogen-bond donors (Lipinski definition) is 3. The largest absolute Gasteiger partial charge is 0.366 e. The van der Waals surface area contributed by atoms with Crippen molar-refractivity contribution in [1.82, 2.24) is 10.4 Å². The zero-order valence-electron chi connectivity index (χ0n) is 14.3. The van der Waals surface area contributed by atoms with Crippen molar-refractivity contribution in [3.8, 4) is 0 Å². The van der Waals surface area contributed by atoms with Crippen LogP contribution in [0, 0.1) is 0 Å². The normalized spacial score (nSPS) is 14.3. The lowest BCUT2D eigenvalue weighted by molar-refractivity contribution is 0.0953. The van der Waals surface area contributed by atoms with E-state index in [0.29, 0.717) is 30.6 Å². The zero-order chi connectivity index (χ0) is 18.2. The minimum absolute atomic E-state index is 0.227. The van der Waals surface area contributed by atoms with E-state index in [2.05, 4.69) is 10.4 Å². The van der Waals surface area contributed by atoms with Gasteiger partial charge in [0.15, 0.2) is 0 Å². The number of unbranched alkanes of at least 4 members (excludes halogenated alkanes) is 1. The maximum Gasteiger partial charge on any atom is 0.251 e. The molecule has 2 rings (SSSR count). The van der Waals surface area contributed by atoms with Crippen molar-refractivity contribution in [3.05, 3.63) is 41.2 Å². The average Bonchev–Trinajstić information content (AvgIpc) is 3.08. The molecular weight excluding hydrogens is 342 g/mol. The third-order valence-electron chi connectivity index (χ3n) is 3.76. The number of alkyl halides is 1. The summed E-state index contributed by atoms with van der Waals surface area (Å²) in [5, 5.41) is 6.05. The third kappa shape index (κ3) is 5.43. The van der Waals surface area contributed by atoms with Crippen molar-refractivity contribution < 1.29 is 14.0 Å². The van der Waals surface area contributed by atoms with E-state index in [4.69, 9.17) is 5.73 Å². The number of benzene rings is 1. The van der Waals surface area contributed by atoms with E-state index in [1.54, 1.807) is 12.1 Å². The Bertz CT molecular complexity index is 666. The molecule has 0 aromatic heterocycles. The molecule has 0 aliphatic carbocycles. The van der Waals surface area contributed by atoms with Crippen molar-refractivity contribution in [2.24, 2.45) is 5.73 Å². The minimum Gasteiger partial charge on any atom is -0.366 e. The van der Waals surface area contributed by atoms with Crippen LogP contribution in [0.15, 0.2) is 30.1 Å². The number of rotatable bonds is 9. The quantitative estimate of drug-likeness (QED) is 0.463. The van der Waals surface area contributed by atoms with Gasteiger partial charge in [0.05, 0.1) is 15.6 Å². The number of anilines is 1. The lowest BCUT2D eigenvalue weighted by Crippen LogP contribution is -2.25. The zero-order valence-corrected chi connectivity index (χ0v) is 15.3. The van der Waals surface area contributed by atoms with Gasteiger partial charge in [0.25, 0.3) is 5.91 Å². The standard InChI is InChI=1S/C17H24FN4O2P/c1-2-3-7-20-17(24)13-8-12(16(19)23)9-15(10-13)22-11-14(21-25-22)5-4-6-18/h8-11,21,25H,2-7H2,1H3,(H2,19,23)(H,20,24). The predicted octanol–water partition coefficient (Wildman–Crippen LogP) is 2.82. The van der Waals surface area contributed by atoms with Gasteiger partial charge in [0, 0.05) is 35.3 Å². The molecule has 0 bridgehead atoms. The first-order valence-electron chi connectivity index (χ1n) is 8.35. The molecule has 1 aromatic rings. The Kier molecular flexibility index (Phi) is 7.19. The maximum atomic E-state index is 12.3. The van der Waals surface area contributed by atoms with Crippen LogP contribution in [0.3, 0.4) is 0 Å². The van der Waals surface area contributed by atoms with E-state index in [1.165, 1.54) is 6.07 Å². The Balaban J connectivity index is 2.21. The SMILES string of the molecule is CCCCNC(=O)c1cc(C(N)=O)cc(N2C=C(CCCF)NP2)c1. The Morgan fingerprint density at radius 1 is 1.28 bits per heavy atom. The van der Waals surface area contributed by atoms with E-state index in [0.717, 1.165) is 18.5 Å². The lowest BCUT2D eigenvalue weighted by atomic mass is 10.1. The first-order chi connectivity index (χ1) is 12.0. The summed E-state index contributed by atoms with van der Waals surface area (Å²) < 4.78 is 14.2. The summed E-state index contributed by atoms with van der Waals surface area (Å²) >= 11 is 0. The molecule has 25 heavy (non-hydrogen) atoms. The molecule has 2 amide bonds. The van der Waals surface area contributed by atoms with Gasteiger partial charge < -0.3 is 20.8 Å². The molecular formula is C17H24FN4O2P. The number of primary amides is 1. The fourth-order valence-corrected chi connectivity index (χ4v) is 3.31. The molecule has 1 aromatic carbocycles. The van der Waals surface area contributed by atoms with Crippen LogP contribution in [0.25, 0.3) is 0 Å². The average molecular weight is 366 g/mol. The molecule has 6 nitrogen and oxygen atoms in total. The van der Waals surface area contributed by atoms with Gasteiger partial charge in [0.1, 0.15) is 0 Å². The van der Waals surface area contributed by atoms with Gasteiger partial charge in [-0.15, -0.1) is 0 Å². The van der Waals surface area contributed by atoms with E-state index in [1.807, 2.05) is 17.8 Å². The number of carbonyl (C=O) groups is 2. The number of hydrogen-bond acceptors (Lipinski definition) is 4. The summed E-state index contributed by atoms with van der Waals surface area (Å²) in [4.78, 5) is 23.9. The maximum absolute atomic E-state index is 12.3. The monoisotopic (exact) mass is 366 g/mol. The van der Waals surface area contributed by atoms with Crippen LogP contribution >= 0.6 is 8.88 Å². The van der Waals surface area contributed by atoms with Gasteiger partial charge in [-0.1, -0.05) is 13.3 Å².